The molecule has 3 nitrogen and oxygen atoms in total. The Labute approximate surface area is 133 Å². The highest BCUT2D eigenvalue weighted by Gasteiger charge is 2.51. The minimum absolute atomic E-state index is 0.0519. The fraction of sp³-hybridized carbons (Fsp3) is 0.556. The van der Waals surface area contributed by atoms with Gasteiger partial charge in [0.1, 0.15) is 0 Å². The molecule has 118 valence electrons. The van der Waals surface area contributed by atoms with Crippen LogP contribution in [0.15, 0.2) is 30.5 Å². The maximum Gasteiger partial charge on any atom is 0.494 e. The van der Waals surface area contributed by atoms with Gasteiger partial charge in [-0.05, 0) is 71.4 Å². The Morgan fingerprint density at radius 3 is 2.09 bits per heavy atom. The first-order chi connectivity index (χ1) is 10.0. The second-order valence-corrected chi connectivity index (χ2v) is 8.26. The fourth-order valence-corrected chi connectivity index (χ4v) is 2.86. The summed E-state index contributed by atoms with van der Waals surface area (Å²) < 4.78 is 14.6. The lowest BCUT2D eigenvalue weighted by molar-refractivity contribution is 0.00578. The predicted molar refractivity (Wildman–Crippen MR) is 92.7 cm³/mol. The van der Waals surface area contributed by atoms with Crippen molar-refractivity contribution in [3.05, 3.63) is 30.5 Å². The van der Waals surface area contributed by atoms with E-state index in [-0.39, 0.29) is 23.9 Å². The van der Waals surface area contributed by atoms with Gasteiger partial charge in [-0.2, -0.15) is 0 Å². The van der Waals surface area contributed by atoms with Crippen LogP contribution in [-0.2, 0) is 14.8 Å². The Bertz CT molecular complexity index is 693. The van der Waals surface area contributed by atoms with Gasteiger partial charge in [0.25, 0.3) is 0 Å². The van der Waals surface area contributed by atoms with Crippen LogP contribution in [0.5, 0.6) is 0 Å². The molecule has 3 rings (SSSR count). The Morgan fingerprint density at radius 1 is 0.955 bits per heavy atom. The molecule has 0 bridgehead atoms. The smallest absolute Gasteiger partial charge is 0.399 e. The molecule has 2 aromatic rings. The number of hydrogen-bond donors (Lipinski definition) is 0. The van der Waals surface area contributed by atoms with E-state index in [1.807, 2.05) is 0 Å². The van der Waals surface area contributed by atoms with E-state index >= 15 is 0 Å². The average molecular weight is 299 g/mol. The molecule has 0 N–H and O–H groups in total. The second-order valence-electron chi connectivity index (χ2n) is 8.26. The third kappa shape index (κ3) is 2.39. The molecule has 0 radical (unpaired) electrons. The Balaban J connectivity index is 2.03. The summed E-state index contributed by atoms with van der Waals surface area (Å²) in [6, 6.07) is 8.62. The van der Waals surface area contributed by atoms with Crippen LogP contribution in [-0.4, -0.2) is 22.9 Å². The van der Waals surface area contributed by atoms with Crippen LogP contribution in [0.1, 0.15) is 48.5 Å². The predicted octanol–water partition coefficient (Wildman–Crippen LogP) is 3.70. The van der Waals surface area contributed by atoms with E-state index < -0.39 is 0 Å². The lowest BCUT2D eigenvalue weighted by Gasteiger charge is -2.32. The first-order valence-corrected chi connectivity index (χ1v) is 7.98. The SMILES string of the molecule is CC(C)(C)n1ccc2ccc(B3OC(C)(C)C(C)(C)O3)cc21. The van der Waals surface area contributed by atoms with Crippen LogP contribution in [0.4, 0.5) is 0 Å². The third-order valence-corrected chi connectivity index (χ3v) is 4.97. The molecule has 0 amide bonds. The van der Waals surface area contributed by atoms with Crippen molar-refractivity contribution < 1.29 is 9.31 Å². The fourth-order valence-electron chi connectivity index (χ4n) is 2.86. The maximum absolute atomic E-state index is 6.17. The van der Waals surface area contributed by atoms with Crippen LogP contribution in [0.3, 0.4) is 0 Å². The van der Waals surface area contributed by atoms with Gasteiger partial charge < -0.3 is 13.9 Å². The Morgan fingerprint density at radius 2 is 1.55 bits per heavy atom. The van der Waals surface area contributed by atoms with E-state index in [2.05, 4.69) is 83.5 Å². The van der Waals surface area contributed by atoms with E-state index in [1.54, 1.807) is 0 Å². The molecule has 1 saturated heterocycles. The van der Waals surface area contributed by atoms with Crippen molar-refractivity contribution in [2.24, 2.45) is 0 Å². The van der Waals surface area contributed by atoms with Gasteiger partial charge in [-0.1, -0.05) is 12.1 Å². The van der Waals surface area contributed by atoms with Gasteiger partial charge in [0, 0.05) is 17.3 Å². The van der Waals surface area contributed by atoms with Crippen molar-refractivity contribution in [1.29, 1.82) is 0 Å². The zero-order chi connectivity index (χ0) is 16.3. The van der Waals surface area contributed by atoms with Crippen molar-refractivity contribution in [3.8, 4) is 0 Å². The summed E-state index contributed by atoms with van der Waals surface area (Å²) in [7, 11) is -0.308. The molecule has 0 atom stereocenters. The summed E-state index contributed by atoms with van der Waals surface area (Å²) in [6.07, 6.45) is 2.15. The number of aromatic nitrogens is 1. The van der Waals surface area contributed by atoms with Gasteiger partial charge in [0.05, 0.1) is 11.2 Å². The summed E-state index contributed by atoms with van der Waals surface area (Å²) in [5, 5.41) is 1.25. The van der Waals surface area contributed by atoms with Crippen LogP contribution in [0.2, 0.25) is 0 Å². The van der Waals surface area contributed by atoms with Gasteiger partial charge in [0.15, 0.2) is 0 Å². The minimum atomic E-state index is -0.308. The number of hydrogen-bond acceptors (Lipinski definition) is 2. The van der Waals surface area contributed by atoms with Crippen LogP contribution < -0.4 is 5.46 Å². The van der Waals surface area contributed by atoms with Gasteiger partial charge in [-0.3, -0.25) is 0 Å². The molecular formula is C18H26BNO2. The van der Waals surface area contributed by atoms with Gasteiger partial charge >= 0.3 is 7.12 Å². The van der Waals surface area contributed by atoms with E-state index in [1.165, 1.54) is 10.9 Å². The van der Waals surface area contributed by atoms with E-state index in [0.717, 1.165) is 5.46 Å². The molecule has 0 saturated carbocycles. The summed E-state index contributed by atoms with van der Waals surface area (Å²) in [6.45, 7) is 15.0. The summed E-state index contributed by atoms with van der Waals surface area (Å²) >= 11 is 0. The minimum Gasteiger partial charge on any atom is -0.399 e. The molecule has 22 heavy (non-hydrogen) atoms. The third-order valence-electron chi connectivity index (χ3n) is 4.97. The molecular weight excluding hydrogens is 273 g/mol. The average Bonchev–Trinajstić information content (AvgIpc) is 2.87. The molecule has 1 aromatic carbocycles. The number of nitrogens with zero attached hydrogens (tertiary/aromatic N) is 1. The highest BCUT2D eigenvalue weighted by atomic mass is 16.7. The van der Waals surface area contributed by atoms with Crippen molar-refractivity contribution in [3.63, 3.8) is 0 Å². The van der Waals surface area contributed by atoms with E-state index in [9.17, 15) is 0 Å². The van der Waals surface area contributed by atoms with Crippen LogP contribution in [0, 0.1) is 0 Å². The zero-order valence-electron chi connectivity index (χ0n) is 14.7. The van der Waals surface area contributed by atoms with Gasteiger partial charge in [-0.25, -0.2) is 0 Å². The first-order valence-electron chi connectivity index (χ1n) is 7.98. The number of benzene rings is 1. The molecule has 1 fully saturated rings. The molecule has 1 aromatic heterocycles. The molecule has 1 aliphatic rings. The molecule has 1 aliphatic heterocycles. The lowest BCUT2D eigenvalue weighted by atomic mass is 9.79. The Kier molecular flexibility index (Phi) is 3.28. The largest absolute Gasteiger partial charge is 0.494 e. The van der Waals surface area contributed by atoms with Crippen molar-refractivity contribution in [1.82, 2.24) is 4.57 Å². The van der Waals surface area contributed by atoms with Crippen molar-refractivity contribution in [2.75, 3.05) is 0 Å². The standard InChI is InChI=1S/C18H26BNO2/c1-16(2,3)20-11-10-13-8-9-14(12-15(13)20)19-21-17(4,5)18(6,7)22-19/h8-12H,1-7H3. The molecule has 0 aliphatic carbocycles. The maximum atomic E-state index is 6.17. The summed E-state index contributed by atoms with van der Waals surface area (Å²) in [5.74, 6) is 0. The van der Waals surface area contributed by atoms with E-state index in [4.69, 9.17) is 9.31 Å². The zero-order valence-corrected chi connectivity index (χ0v) is 14.7. The van der Waals surface area contributed by atoms with Crippen molar-refractivity contribution in [2.45, 2.75) is 65.2 Å². The summed E-state index contributed by atoms with van der Waals surface area (Å²) in [5.41, 5.74) is 1.74. The quantitative estimate of drug-likeness (QED) is 0.750. The second kappa shape index (κ2) is 4.62. The number of rotatable bonds is 1. The highest BCUT2D eigenvalue weighted by molar-refractivity contribution is 6.62. The highest BCUT2D eigenvalue weighted by Crippen LogP contribution is 2.36. The van der Waals surface area contributed by atoms with Crippen LogP contribution in [0.25, 0.3) is 10.9 Å². The molecule has 4 heteroatoms. The monoisotopic (exact) mass is 299 g/mol. The topological polar surface area (TPSA) is 23.4 Å². The molecule has 0 spiro atoms. The first kappa shape index (κ1) is 15.6. The summed E-state index contributed by atoms with van der Waals surface area (Å²) in [4.78, 5) is 0. The van der Waals surface area contributed by atoms with Crippen molar-refractivity contribution >= 4 is 23.5 Å². The molecule has 0 unspecified atom stereocenters. The van der Waals surface area contributed by atoms with Gasteiger partial charge in [-0.15, -0.1) is 0 Å². The molecule has 2 heterocycles. The Hall–Kier alpha value is -1.26. The van der Waals surface area contributed by atoms with Gasteiger partial charge in [0.2, 0.25) is 0 Å². The number of fused-ring (bicyclic) bond motifs is 1. The lowest BCUT2D eigenvalue weighted by Crippen LogP contribution is -2.41. The normalized spacial score (nSPS) is 20.8. The van der Waals surface area contributed by atoms with Crippen LogP contribution >= 0.6 is 0 Å². The van der Waals surface area contributed by atoms with E-state index in [0.29, 0.717) is 0 Å².